The number of methoxy groups -OCH3 is 1. The Morgan fingerprint density at radius 1 is 1.27 bits per heavy atom. The van der Waals surface area contributed by atoms with Gasteiger partial charge < -0.3 is 25.3 Å². The fourth-order valence-corrected chi connectivity index (χ4v) is 2.86. The fraction of sp³-hybridized carbons (Fsp3) is 0.550. The molecular formula is C20H33N5O. The number of fused-ring (bicyclic) bond motifs is 1. The van der Waals surface area contributed by atoms with Crippen molar-refractivity contribution in [2.45, 2.75) is 20.3 Å². The van der Waals surface area contributed by atoms with Crippen molar-refractivity contribution in [2.75, 3.05) is 53.5 Å². The molecule has 1 heterocycles. The van der Waals surface area contributed by atoms with Crippen molar-refractivity contribution in [3.8, 4) is 0 Å². The summed E-state index contributed by atoms with van der Waals surface area (Å²) in [6.07, 6.45) is 3.07. The lowest BCUT2D eigenvalue weighted by molar-refractivity contribution is 0.163. The van der Waals surface area contributed by atoms with Crippen LogP contribution in [0.5, 0.6) is 0 Å². The molecule has 2 aromatic rings. The largest absolute Gasteiger partial charge is 0.383 e. The van der Waals surface area contributed by atoms with Crippen molar-refractivity contribution in [1.82, 2.24) is 20.5 Å². The van der Waals surface area contributed by atoms with Gasteiger partial charge in [0.2, 0.25) is 0 Å². The van der Waals surface area contributed by atoms with Gasteiger partial charge in [-0.25, -0.2) is 0 Å². The number of aromatic amines is 1. The Morgan fingerprint density at radius 2 is 2.12 bits per heavy atom. The third-order valence-electron chi connectivity index (χ3n) is 4.38. The zero-order valence-corrected chi connectivity index (χ0v) is 16.6. The van der Waals surface area contributed by atoms with Crippen LogP contribution in [0.4, 0.5) is 0 Å². The summed E-state index contributed by atoms with van der Waals surface area (Å²) in [6.45, 7) is 9.28. The standard InChI is InChI=1S/C20H33N5O/c1-5-21-20(23-10-11-25(3)12-13-26-4)22-9-8-17-15-24-19-14-16(2)6-7-18(17)19/h6-7,14-15,24H,5,8-13H2,1-4H3,(H2,21,22,23). The van der Waals surface area contributed by atoms with Crippen LogP contribution in [-0.4, -0.2) is 69.3 Å². The number of H-pyrrole nitrogens is 1. The van der Waals surface area contributed by atoms with Gasteiger partial charge in [-0.2, -0.15) is 0 Å². The molecule has 0 saturated heterocycles. The predicted octanol–water partition coefficient (Wildman–Crippen LogP) is 2.15. The average molecular weight is 360 g/mol. The number of aryl methyl sites for hydroxylation is 1. The van der Waals surface area contributed by atoms with Crippen LogP contribution in [0.2, 0.25) is 0 Å². The normalized spacial score (nSPS) is 12.1. The first-order chi connectivity index (χ1) is 12.6. The molecule has 0 fully saturated rings. The van der Waals surface area contributed by atoms with Crippen LogP contribution < -0.4 is 10.6 Å². The van der Waals surface area contributed by atoms with Crippen molar-refractivity contribution < 1.29 is 4.74 Å². The summed E-state index contributed by atoms with van der Waals surface area (Å²) < 4.78 is 5.10. The molecule has 0 atom stereocenters. The van der Waals surface area contributed by atoms with Crippen molar-refractivity contribution in [2.24, 2.45) is 4.99 Å². The molecule has 144 valence electrons. The highest BCUT2D eigenvalue weighted by molar-refractivity contribution is 5.84. The number of hydrogen-bond acceptors (Lipinski definition) is 3. The Kier molecular flexibility index (Phi) is 8.44. The quantitative estimate of drug-likeness (QED) is 0.449. The average Bonchev–Trinajstić information content (AvgIpc) is 3.02. The SMILES string of the molecule is CCNC(=NCCN(C)CCOC)NCCc1c[nH]c2cc(C)ccc12. The molecule has 0 amide bonds. The zero-order valence-electron chi connectivity index (χ0n) is 16.6. The van der Waals surface area contributed by atoms with Gasteiger partial charge in [0, 0.05) is 50.4 Å². The number of rotatable bonds is 10. The van der Waals surface area contributed by atoms with E-state index in [0.29, 0.717) is 0 Å². The van der Waals surface area contributed by atoms with E-state index >= 15 is 0 Å². The van der Waals surface area contributed by atoms with Gasteiger partial charge in [-0.1, -0.05) is 12.1 Å². The molecule has 0 spiro atoms. The third kappa shape index (κ3) is 6.35. The van der Waals surface area contributed by atoms with Crippen molar-refractivity contribution >= 4 is 16.9 Å². The minimum Gasteiger partial charge on any atom is -0.383 e. The molecule has 1 aromatic carbocycles. The number of ether oxygens (including phenoxy) is 1. The first kappa shape index (κ1) is 20.3. The summed E-state index contributed by atoms with van der Waals surface area (Å²) in [4.78, 5) is 10.3. The van der Waals surface area contributed by atoms with Crippen LogP contribution in [0.1, 0.15) is 18.1 Å². The lowest BCUT2D eigenvalue weighted by Crippen LogP contribution is -2.39. The maximum Gasteiger partial charge on any atom is 0.191 e. The van der Waals surface area contributed by atoms with E-state index in [1.165, 1.54) is 22.0 Å². The van der Waals surface area contributed by atoms with Crippen LogP contribution in [0.3, 0.4) is 0 Å². The Hall–Kier alpha value is -2.05. The summed E-state index contributed by atoms with van der Waals surface area (Å²) in [7, 11) is 3.82. The summed E-state index contributed by atoms with van der Waals surface area (Å²) in [5.74, 6) is 0.878. The molecule has 1 aromatic heterocycles. The highest BCUT2D eigenvalue weighted by Crippen LogP contribution is 2.19. The molecule has 26 heavy (non-hydrogen) atoms. The first-order valence-corrected chi connectivity index (χ1v) is 9.40. The second kappa shape index (κ2) is 10.8. The van der Waals surface area contributed by atoms with Gasteiger partial charge in [0.1, 0.15) is 0 Å². The number of aliphatic imine (C=N–C) groups is 1. The molecule has 0 radical (unpaired) electrons. The number of likely N-dealkylation sites (N-methyl/N-ethyl adjacent to an activating group) is 1. The number of benzene rings is 1. The van der Waals surface area contributed by atoms with Gasteiger partial charge in [-0.15, -0.1) is 0 Å². The molecular weight excluding hydrogens is 326 g/mol. The Balaban J connectivity index is 1.82. The van der Waals surface area contributed by atoms with Crippen LogP contribution in [0, 0.1) is 6.92 Å². The molecule has 0 aliphatic rings. The lowest BCUT2D eigenvalue weighted by atomic mass is 10.1. The van der Waals surface area contributed by atoms with Crippen molar-refractivity contribution in [3.05, 3.63) is 35.5 Å². The minimum atomic E-state index is 0.753. The van der Waals surface area contributed by atoms with E-state index in [0.717, 1.165) is 51.7 Å². The van der Waals surface area contributed by atoms with Crippen LogP contribution in [0.25, 0.3) is 10.9 Å². The highest BCUT2D eigenvalue weighted by Gasteiger charge is 2.04. The molecule has 6 nitrogen and oxygen atoms in total. The van der Waals surface area contributed by atoms with Gasteiger partial charge in [-0.3, -0.25) is 4.99 Å². The van der Waals surface area contributed by atoms with Gasteiger partial charge in [-0.05, 0) is 44.5 Å². The van der Waals surface area contributed by atoms with Gasteiger partial charge in [0.25, 0.3) is 0 Å². The van der Waals surface area contributed by atoms with E-state index in [1.54, 1.807) is 7.11 Å². The van der Waals surface area contributed by atoms with E-state index in [9.17, 15) is 0 Å². The summed E-state index contributed by atoms with van der Waals surface area (Å²) in [5, 5.41) is 8.05. The minimum absolute atomic E-state index is 0.753. The van der Waals surface area contributed by atoms with Gasteiger partial charge in [0.05, 0.1) is 13.2 Å². The molecule has 0 aliphatic heterocycles. The van der Waals surface area contributed by atoms with E-state index < -0.39 is 0 Å². The molecule has 3 N–H and O–H groups in total. The maximum atomic E-state index is 5.10. The second-order valence-electron chi connectivity index (χ2n) is 6.60. The Bertz CT molecular complexity index is 695. The predicted molar refractivity (Wildman–Crippen MR) is 110 cm³/mol. The number of aromatic nitrogens is 1. The molecule has 2 rings (SSSR count). The number of nitrogens with zero attached hydrogens (tertiary/aromatic N) is 2. The summed E-state index contributed by atoms with van der Waals surface area (Å²) in [5.41, 5.74) is 3.82. The number of hydrogen-bond donors (Lipinski definition) is 3. The number of guanidine groups is 1. The fourth-order valence-electron chi connectivity index (χ4n) is 2.86. The number of nitrogens with one attached hydrogen (secondary N) is 3. The second-order valence-corrected chi connectivity index (χ2v) is 6.60. The summed E-state index contributed by atoms with van der Waals surface area (Å²) >= 11 is 0. The smallest absolute Gasteiger partial charge is 0.191 e. The Labute approximate surface area is 157 Å². The maximum absolute atomic E-state index is 5.10. The Morgan fingerprint density at radius 3 is 2.88 bits per heavy atom. The molecule has 0 unspecified atom stereocenters. The molecule has 0 saturated carbocycles. The van der Waals surface area contributed by atoms with Gasteiger partial charge >= 0.3 is 0 Å². The van der Waals surface area contributed by atoms with E-state index in [-0.39, 0.29) is 0 Å². The van der Waals surface area contributed by atoms with Crippen molar-refractivity contribution in [3.63, 3.8) is 0 Å². The van der Waals surface area contributed by atoms with Crippen molar-refractivity contribution in [1.29, 1.82) is 0 Å². The molecule has 0 bridgehead atoms. The third-order valence-corrected chi connectivity index (χ3v) is 4.38. The van der Waals surface area contributed by atoms with Crippen LogP contribution in [0.15, 0.2) is 29.4 Å². The van der Waals surface area contributed by atoms with Crippen LogP contribution in [-0.2, 0) is 11.2 Å². The topological polar surface area (TPSA) is 64.7 Å². The monoisotopic (exact) mass is 359 g/mol. The van der Waals surface area contributed by atoms with E-state index in [1.807, 2.05) is 0 Å². The van der Waals surface area contributed by atoms with E-state index in [2.05, 4.69) is 70.8 Å². The first-order valence-electron chi connectivity index (χ1n) is 9.40. The van der Waals surface area contributed by atoms with E-state index in [4.69, 9.17) is 4.74 Å². The zero-order chi connectivity index (χ0) is 18.8. The highest BCUT2D eigenvalue weighted by atomic mass is 16.5. The summed E-state index contributed by atoms with van der Waals surface area (Å²) in [6, 6.07) is 6.56. The van der Waals surface area contributed by atoms with Gasteiger partial charge in [0.15, 0.2) is 5.96 Å². The molecule has 6 heteroatoms. The molecule has 0 aliphatic carbocycles. The lowest BCUT2D eigenvalue weighted by Gasteiger charge is -2.15. The van der Waals surface area contributed by atoms with Crippen LogP contribution >= 0.6 is 0 Å².